The van der Waals surface area contributed by atoms with E-state index in [4.69, 9.17) is 25.9 Å². The summed E-state index contributed by atoms with van der Waals surface area (Å²) in [6.07, 6.45) is 1.53. The first-order valence-corrected chi connectivity index (χ1v) is 11.6. The summed E-state index contributed by atoms with van der Waals surface area (Å²) in [6.45, 7) is 11.5. The van der Waals surface area contributed by atoms with E-state index in [-0.39, 0.29) is 26.0 Å². The van der Waals surface area contributed by atoms with Gasteiger partial charge in [-0.15, -0.1) is 5.10 Å². The zero-order valence-electron chi connectivity index (χ0n) is 21.0. The zero-order valence-corrected chi connectivity index (χ0v) is 21.7. The molecule has 0 radical (unpaired) electrons. The molecule has 2 aromatic rings. The SMILES string of the molecule is C.C=O.CC(=O)Nc1ccn(C(=O)N2CCN(Cc3ccc(Cl)cc3OCC(=O)OC(C)(C)C)CC2)n1. The summed E-state index contributed by atoms with van der Waals surface area (Å²) in [7, 11) is 0. The highest BCUT2D eigenvalue weighted by Gasteiger charge is 2.24. The fourth-order valence-electron chi connectivity index (χ4n) is 3.46. The van der Waals surface area contributed by atoms with Crippen LogP contribution in [0, 0.1) is 0 Å². The average Bonchev–Trinajstić information content (AvgIpc) is 3.27. The number of piperazine rings is 1. The smallest absolute Gasteiger partial charge is 0.344 e. The molecule has 1 fully saturated rings. The van der Waals surface area contributed by atoms with E-state index in [9.17, 15) is 14.4 Å². The molecule has 1 aromatic carbocycles. The Hall–Kier alpha value is -3.44. The van der Waals surface area contributed by atoms with Gasteiger partial charge in [0.1, 0.15) is 18.1 Å². The lowest BCUT2D eigenvalue weighted by atomic mass is 10.1. The highest BCUT2D eigenvalue weighted by molar-refractivity contribution is 6.30. The van der Waals surface area contributed by atoms with Gasteiger partial charge >= 0.3 is 12.0 Å². The number of ether oxygens (including phenoxy) is 2. The Labute approximate surface area is 222 Å². The predicted octanol–water partition coefficient (Wildman–Crippen LogP) is 3.45. The molecule has 0 aliphatic carbocycles. The molecule has 1 N–H and O–H groups in total. The molecule has 1 saturated heterocycles. The van der Waals surface area contributed by atoms with Gasteiger partial charge in [-0.3, -0.25) is 9.69 Å². The van der Waals surface area contributed by atoms with Crippen molar-refractivity contribution in [2.24, 2.45) is 0 Å². The Balaban J connectivity index is 0.00000223. The summed E-state index contributed by atoms with van der Waals surface area (Å²) in [5.74, 6) is 0.161. The summed E-state index contributed by atoms with van der Waals surface area (Å²) >= 11 is 6.14. The third kappa shape index (κ3) is 10.2. The van der Waals surface area contributed by atoms with Crippen LogP contribution in [-0.2, 0) is 25.7 Å². The van der Waals surface area contributed by atoms with Gasteiger partial charge in [0.25, 0.3) is 0 Å². The molecule has 0 bridgehead atoms. The predicted molar refractivity (Wildman–Crippen MR) is 141 cm³/mol. The Morgan fingerprint density at radius 2 is 1.76 bits per heavy atom. The maximum absolute atomic E-state index is 12.7. The van der Waals surface area contributed by atoms with Crippen LogP contribution in [0.5, 0.6) is 5.75 Å². The van der Waals surface area contributed by atoms with E-state index in [0.717, 1.165) is 5.56 Å². The number of amides is 2. The highest BCUT2D eigenvalue weighted by Crippen LogP contribution is 2.25. The number of nitrogens with one attached hydrogen (secondary N) is 1. The van der Waals surface area contributed by atoms with Gasteiger partial charge in [0, 0.05) is 62.5 Å². The number of esters is 1. The van der Waals surface area contributed by atoms with E-state index < -0.39 is 11.6 Å². The number of anilines is 1. The van der Waals surface area contributed by atoms with Crippen LogP contribution in [0.1, 0.15) is 40.7 Å². The third-order valence-electron chi connectivity index (χ3n) is 4.92. The van der Waals surface area contributed by atoms with Gasteiger partial charge in [-0.05, 0) is 32.9 Å². The van der Waals surface area contributed by atoms with Crippen molar-refractivity contribution in [3.8, 4) is 5.75 Å². The Morgan fingerprint density at radius 3 is 2.35 bits per heavy atom. The summed E-state index contributed by atoms with van der Waals surface area (Å²) in [6, 6.07) is 6.67. The maximum Gasteiger partial charge on any atom is 0.344 e. The van der Waals surface area contributed by atoms with E-state index in [1.807, 2.05) is 12.9 Å². The fourth-order valence-corrected chi connectivity index (χ4v) is 3.62. The van der Waals surface area contributed by atoms with E-state index in [2.05, 4.69) is 15.3 Å². The van der Waals surface area contributed by atoms with Crippen LogP contribution in [0.25, 0.3) is 0 Å². The second-order valence-corrected chi connectivity index (χ2v) is 9.44. The van der Waals surface area contributed by atoms with Crippen molar-refractivity contribution in [2.45, 2.75) is 47.3 Å². The number of rotatable bonds is 6. The number of hydrogen-bond donors (Lipinski definition) is 1. The molecule has 1 aliphatic heterocycles. The third-order valence-corrected chi connectivity index (χ3v) is 5.16. The monoisotopic (exact) mass is 537 g/mol. The Morgan fingerprint density at radius 1 is 1.11 bits per heavy atom. The molecule has 1 aliphatic rings. The second kappa shape index (κ2) is 14.3. The van der Waals surface area contributed by atoms with Gasteiger partial charge in [0.05, 0.1) is 0 Å². The van der Waals surface area contributed by atoms with Crippen molar-refractivity contribution in [1.82, 2.24) is 19.6 Å². The molecule has 0 unspecified atom stereocenters. The second-order valence-electron chi connectivity index (χ2n) is 9.00. The number of carbonyl (C=O) groups is 4. The molecule has 1 aromatic heterocycles. The fraction of sp³-hybridized carbons (Fsp3) is 0.480. The normalized spacial score (nSPS) is 13.5. The first-order chi connectivity index (χ1) is 17.0. The van der Waals surface area contributed by atoms with Crippen LogP contribution in [-0.4, -0.2) is 82.7 Å². The summed E-state index contributed by atoms with van der Waals surface area (Å²) in [5.41, 5.74) is 0.302. The number of carbonyl (C=O) groups excluding carboxylic acids is 4. The minimum atomic E-state index is -0.587. The molecular weight excluding hydrogens is 502 g/mol. The van der Waals surface area contributed by atoms with Crippen molar-refractivity contribution >= 4 is 42.1 Å². The van der Waals surface area contributed by atoms with Gasteiger partial charge in [-0.2, -0.15) is 4.68 Å². The highest BCUT2D eigenvalue weighted by atomic mass is 35.5. The first-order valence-electron chi connectivity index (χ1n) is 11.3. The van der Waals surface area contributed by atoms with Crippen molar-refractivity contribution in [1.29, 1.82) is 0 Å². The van der Waals surface area contributed by atoms with Crippen LogP contribution in [0.3, 0.4) is 0 Å². The summed E-state index contributed by atoms with van der Waals surface area (Å²) in [5, 5.41) is 7.17. The largest absolute Gasteiger partial charge is 0.482 e. The summed E-state index contributed by atoms with van der Waals surface area (Å²) in [4.78, 5) is 47.8. The van der Waals surface area contributed by atoms with Crippen LogP contribution >= 0.6 is 11.6 Å². The standard InChI is InChI=1S/C23H30ClN5O5.CH2O.CH4/c1-16(30)25-20-7-8-29(26-20)22(32)28-11-9-27(10-12-28)14-17-5-6-18(24)13-19(17)33-15-21(31)34-23(2,3)4;1-2;/h5-8,13H,9-12,14-15H2,1-4H3,(H,25,26,30);1H2;1H4. The number of hydrogen-bond acceptors (Lipinski definition) is 8. The minimum Gasteiger partial charge on any atom is -0.482 e. The van der Waals surface area contributed by atoms with Gasteiger partial charge < -0.3 is 24.5 Å². The lowest BCUT2D eigenvalue weighted by Crippen LogP contribution is -2.49. The lowest BCUT2D eigenvalue weighted by molar-refractivity contribution is -0.157. The average molecular weight is 538 g/mol. The topological polar surface area (TPSA) is 123 Å². The number of benzene rings is 1. The van der Waals surface area contributed by atoms with Crippen LogP contribution in [0.2, 0.25) is 5.02 Å². The Kier molecular flexibility index (Phi) is 12.2. The summed E-state index contributed by atoms with van der Waals surface area (Å²) < 4.78 is 12.2. The van der Waals surface area contributed by atoms with E-state index in [0.29, 0.717) is 49.3 Å². The van der Waals surface area contributed by atoms with Crippen molar-refractivity contribution < 1.29 is 28.7 Å². The van der Waals surface area contributed by atoms with Crippen LogP contribution < -0.4 is 10.1 Å². The van der Waals surface area contributed by atoms with Gasteiger partial charge in [-0.1, -0.05) is 25.1 Å². The molecule has 3 rings (SSSR count). The van der Waals surface area contributed by atoms with E-state index in [1.165, 1.54) is 17.8 Å². The first kappa shape index (κ1) is 31.6. The number of aromatic nitrogens is 2. The van der Waals surface area contributed by atoms with Crippen LogP contribution in [0.15, 0.2) is 30.5 Å². The van der Waals surface area contributed by atoms with Gasteiger partial charge in [-0.25, -0.2) is 9.59 Å². The van der Waals surface area contributed by atoms with Crippen molar-refractivity contribution in [2.75, 3.05) is 38.1 Å². The van der Waals surface area contributed by atoms with Gasteiger partial charge in [0.2, 0.25) is 5.91 Å². The van der Waals surface area contributed by atoms with E-state index >= 15 is 0 Å². The van der Waals surface area contributed by atoms with E-state index in [1.54, 1.807) is 43.9 Å². The quantitative estimate of drug-likeness (QED) is 0.556. The molecule has 0 atom stereocenters. The molecule has 2 amide bonds. The molecule has 37 heavy (non-hydrogen) atoms. The van der Waals surface area contributed by atoms with Crippen LogP contribution in [0.4, 0.5) is 10.6 Å². The Bertz CT molecular complexity index is 1060. The molecule has 0 spiro atoms. The zero-order chi connectivity index (χ0) is 26.9. The molecule has 204 valence electrons. The molecule has 11 nitrogen and oxygen atoms in total. The lowest BCUT2D eigenvalue weighted by Gasteiger charge is -2.34. The maximum atomic E-state index is 12.7. The van der Waals surface area contributed by atoms with Crippen molar-refractivity contribution in [3.63, 3.8) is 0 Å². The molecule has 2 heterocycles. The molecular formula is C25H36ClN5O6. The minimum absolute atomic E-state index is 0. The van der Waals surface area contributed by atoms with Crippen molar-refractivity contribution in [3.05, 3.63) is 41.0 Å². The van der Waals surface area contributed by atoms with Gasteiger partial charge in [0.15, 0.2) is 12.4 Å². The molecule has 0 saturated carbocycles. The molecule has 12 heteroatoms. The number of nitrogens with zero attached hydrogens (tertiary/aromatic N) is 4. The number of halogens is 1.